The first-order valence-electron chi connectivity index (χ1n) is 6.41. The Morgan fingerprint density at radius 2 is 2.24 bits per heavy atom. The van der Waals surface area contributed by atoms with Gasteiger partial charge in [0.25, 0.3) is 0 Å². The molecule has 0 bridgehead atoms. The molecule has 1 aliphatic heterocycles. The van der Waals surface area contributed by atoms with Crippen LogP contribution in [0.2, 0.25) is 0 Å². The van der Waals surface area contributed by atoms with Gasteiger partial charge in [0.2, 0.25) is 0 Å². The molecule has 2 N–H and O–H groups in total. The van der Waals surface area contributed by atoms with Crippen molar-refractivity contribution in [2.75, 3.05) is 23.7 Å². The van der Waals surface area contributed by atoms with Crippen LogP contribution in [0.15, 0.2) is 18.2 Å². The third kappa shape index (κ3) is 2.65. The number of rotatable bonds is 3. The summed E-state index contributed by atoms with van der Waals surface area (Å²) in [4.78, 5) is 2.41. The van der Waals surface area contributed by atoms with E-state index in [1.165, 1.54) is 5.69 Å². The minimum Gasteiger partial charge on any atom is -0.486 e. The maximum Gasteiger partial charge on any atom is 0.145 e. The van der Waals surface area contributed by atoms with E-state index in [1.807, 2.05) is 12.1 Å². The second-order valence-electron chi connectivity index (χ2n) is 5.17. The number of hydrogen-bond donors (Lipinski definition) is 1. The molecule has 0 saturated heterocycles. The smallest absolute Gasteiger partial charge is 0.145 e. The fraction of sp³-hybridized carbons (Fsp3) is 0.571. The summed E-state index contributed by atoms with van der Waals surface area (Å²) in [7, 11) is 0. The number of fused-ring (bicyclic) bond motifs is 1. The Bertz CT molecular complexity index is 390. The maximum atomic E-state index is 5.95. The third-order valence-corrected chi connectivity index (χ3v) is 3.08. The van der Waals surface area contributed by atoms with E-state index in [0.29, 0.717) is 5.92 Å². The van der Waals surface area contributed by atoms with Gasteiger partial charge in [0.15, 0.2) is 0 Å². The number of nitrogens with two attached hydrogens (primary N) is 1. The lowest BCUT2D eigenvalue weighted by molar-refractivity contribution is 0.188. The first kappa shape index (κ1) is 12.1. The highest BCUT2D eigenvalue weighted by Gasteiger charge is 2.24. The third-order valence-electron chi connectivity index (χ3n) is 3.08. The van der Waals surface area contributed by atoms with Crippen LogP contribution >= 0.6 is 0 Å². The highest BCUT2D eigenvalue weighted by atomic mass is 16.5. The van der Waals surface area contributed by atoms with Gasteiger partial charge >= 0.3 is 0 Å². The minimum absolute atomic E-state index is 0.281. The molecular formula is C14H22N2O. The summed E-state index contributed by atoms with van der Waals surface area (Å²) in [6.45, 7) is 8.69. The van der Waals surface area contributed by atoms with Crippen LogP contribution in [0.5, 0.6) is 5.75 Å². The summed E-state index contributed by atoms with van der Waals surface area (Å²) in [5.41, 5.74) is 7.76. The largest absolute Gasteiger partial charge is 0.486 e. The summed E-state index contributed by atoms with van der Waals surface area (Å²) in [5, 5.41) is 0. The first-order valence-corrected chi connectivity index (χ1v) is 6.41. The van der Waals surface area contributed by atoms with Gasteiger partial charge in [-0.2, -0.15) is 0 Å². The summed E-state index contributed by atoms with van der Waals surface area (Å²) in [6, 6.07) is 5.95. The van der Waals surface area contributed by atoms with Crippen LogP contribution in [0.1, 0.15) is 27.2 Å². The molecule has 2 rings (SSSR count). The Balaban J connectivity index is 2.29. The van der Waals surface area contributed by atoms with E-state index >= 15 is 0 Å². The molecule has 0 radical (unpaired) electrons. The van der Waals surface area contributed by atoms with Gasteiger partial charge in [-0.15, -0.1) is 0 Å². The normalized spacial score (nSPS) is 19.1. The highest BCUT2D eigenvalue weighted by molar-refractivity contribution is 5.65. The van der Waals surface area contributed by atoms with Crippen molar-refractivity contribution in [3.63, 3.8) is 0 Å². The average molecular weight is 234 g/mol. The fourth-order valence-corrected chi connectivity index (χ4v) is 2.27. The molecule has 1 unspecified atom stereocenters. The molecule has 1 heterocycles. The summed E-state index contributed by atoms with van der Waals surface area (Å²) in [5.74, 6) is 1.58. The summed E-state index contributed by atoms with van der Waals surface area (Å²) >= 11 is 0. The van der Waals surface area contributed by atoms with Gasteiger partial charge in [-0.05, 0) is 24.5 Å². The van der Waals surface area contributed by atoms with Crippen molar-refractivity contribution in [3.05, 3.63) is 18.2 Å². The lowest BCUT2D eigenvalue weighted by atomic mass is 10.1. The van der Waals surface area contributed by atoms with Crippen LogP contribution in [0.3, 0.4) is 0 Å². The van der Waals surface area contributed by atoms with Crippen LogP contribution < -0.4 is 15.4 Å². The zero-order valence-electron chi connectivity index (χ0n) is 10.9. The van der Waals surface area contributed by atoms with Gasteiger partial charge in [0, 0.05) is 18.3 Å². The number of nitrogen functional groups attached to an aromatic ring is 1. The predicted molar refractivity (Wildman–Crippen MR) is 72.6 cm³/mol. The molecule has 0 amide bonds. The van der Waals surface area contributed by atoms with Crippen LogP contribution in [0, 0.1) is 5.92 Å². The number of anilines is 2. The zero-order valence-corrected chi connectivity index (χ0v) is 10.9. The van der Waals surface area contributed by atoms with Crippen molar-refractivity contribution in [2.24, 2.45) is 5.92 Å². The minimum atomic E-state index is 0.281. The Morgan fingerprint density at radius 3 is 2.88 bits per heavy atom. The summed E-state index contributed by atoms with van der Waals surface area (Å²) < 4.78 is 5.95. The van der Waals surface area contributed by atoms with E-state index in [2.05, 4.69) is 31.7 Å². The molecule has 0 aliphatic carbocycles. The van der Waals surface area contributed by atoms with Gasteiger partial charge in [-0.3, -0.25) is 0 Å². The Labute approximate surface area is 104 Å². The van der Waals surface area contributed by atoms with Crippen molar-refractivity contribution in [1.29, 1.82) is 0 Å². The highest BCUT2D eigenvalue weighted by Crippen LogP contribution is 2.35. The molecule has 1 aromatic rings. The van der Waals surface area contributed by atoms with E-state index in [4.69, 9.17) is 10.5 Å². The SMILES string of the molecule is CCC1CN(CC(C)C)c2ccc(N)cc2O1. The molecule has 0 saturated carbocycles. The average Bonchev–Trinajstić information content (AvgIpc) is 2.27. The molecule has 17 heavy (non-hydrogen) atoms. The zero-order chi connectivity index (χ0) is 12.4. The molecule has 3 nitrogen and oxygen atoms in total. The lowest BCUT2D eigenvalue weighted by Gasteiger charge is -2.37. The molecule has 1 aliphatic rings. The number of hydrogen-bond acceptors (Lipinski definition) is 3. The topological polar surface area (TPSA) is 38.5 Å². The standard InChI is InChI=1S/C14H22N2O/c1-4-12-9-16(8-10(2)3)13-6-5-11(15)7-14(13)17-12/h5-7,10,12H,4,8-9,15H2,1-3H3. The van der Waals surface area contributed by atoms with Gasteiger partial charge in [-0.1, -0.05) is 20.8 Å². The number of nitrogens with zero attached hydrogens (tertiary/aromatic N) is 1. The predicted octanol–water partition coefficient (Wildman–Crippen LogP) is 2.90. The van der Waals surface area contributed by atoms with E-state index in [1.54, 1.807) is 0 Å². The second-order valence-corrected chi connectivity index (χ2v) is 5.17. The molecular weight excluding hydrogens is 212 g/mol. The molecule has 3 heteroatoms. The second kappa shape index (κ2) is 4.86. The van der Waals surface area contributed by atoms with Crippen LogP contribution in [0.25, 0.3) is 0 Å². The van der Waals surface area contributed by atoms with Crippen LogP contribution in [-0.4, -0.2) is 19.2 Å². The lowest BCUT2D eigenvalue weighted by Crippen LogP contribution is -2.41. The maximum absolute atomic E-state index is 5.95. The molecule has 94 valence electrons. The number of benzene rings is 1. The van der Waals surface area contributed by atoms with E-state index < -0.39 is 0 Å². The van der Waals surface area contributed by atoms with Gasteiger partial charge in [-0.25, -0.2) is 0 Å². The first-order chi connectivity index (χ1) is 8.10. The van der Waals surface area contributed by atoms with Crippen molar-refractivity contribution in [2.45, 2.75) is 33.3 Å². The monoisotopic (exact) mass is 234 g/mol. The molecule has 0 aromatic heterocycles. The molecule has 1 aromatic carbocycles. The van der Waals surface area contributed by atoms with Crippen molar-refractivity contribution in [1.82, 2.24) is 0 Å². The molecule has 0 fully saturated rings. The van der Waals surface area contributed by atoms with Crippen molar-refractivity contribution >= 4 is 11.4 Å². The Morgan fingerprint density at radius 1 is 1.47 bits per heavy atom. The Kier molecular flexibility index (Phi) is 3.46. The van der Waals surface area contributed by atoms with E-state index in [0.717, 1.165) is 30.9 Å². The van der Waals surface area contributed by atoms with Crippen LogP contribution in [0.4, 0.5) is 11.4 Å². The summed E-state index contributed by atoms with van der Waals surface area (Å²) in [6.07, 6.45) is 1.31. The van der Waals surface area contributed by atoms with Crippen molar-refractivity contribution in [3.8, 4) is 5.75 Å². The van der Waals surface area contributed by atoms with Crippen LogP contribution in [-0.2, 0) is 0 Å². The number of ether oxygens (including phenoxy) is 1. The van der Waals surface area contributed by atoms with E-state index in [9.17, 15) is 0 Å². The van der Waals surface area contributed by atoms with Gasteiger partial charge in [0.05, 0.1) is 12.2 Å². The van der Waals surface area contributed by atoms with Gasteiger partial charge in [0.1, 0.15) is 11.9 Å². The molecule has 1 atom stereocenters. The Hall–Kier alpha value is -1.38. The fourth-order valence-electron chi connectivity index (χ4n) is 2.27. The molecule has 0 spiro atoms. The van der Waals surface area contributed by atoms with Crippen molar-refractivity contribution < 1.29 is 4.74 Å². The van der Waals surface area contributed by atoms with E-state index in [-0.39, 0.29) is 6.10 Å². The quantitative estimate of drug-likeness (QED) is 0.817. The van der Waals surface area contributed by atoms with Gasteiger partial charge < -0.3 is 15.4 Å².